The first-order chi connectivity index (χ1) is 12.8. The third kappa shape index (κ3) is 4.30. The van der Waals surface area contributed by atoms with Crippen LogP contribution in [0.5, 0.6) is 0 Å². The highest BCUT2D eigenvalue weighted by atomic mass is 35.5. The van der Waals surface area contributed by atoms with Crippen molar-refractivity contribution < 1.29 is 13.2 Å². The van der Waals surface area contributed by atoms with Crippen LogP contribution in [0, 0.1) is 6.92 Å². The van der Waals surface area contributed by atoms with Gasteiger partial charge >= 0.3 is 0 Å². The summed E-state index contributed by atoms with van der Waals surface area (Å²) in [6.07, 6.45) is 0. The molecule has 0 saturated carbocycles. The average Bonchev–Trinajstić information content (AvgIpc) is 2.64. The molecule has 1 N–H and O–H groups in total. The van der Waals surface area contributed by atoms with Crippen LogP contribution in [0.25, 0.3) is 10.8 Å². The SMILES string of the molecule is Cc1ccc(Cl)cc1NC(=O)CN(C)S(=O)(=O)c1ccc2ccccc2c1. The number of carbonyl (C=O) groups excluding carboxylic acids is 1. The molecule has 140 valence electrons. The second-order valence-corrected chi connectivity index (χ2v) is 8.76. The van der Waals surface area contributed by atoms with Crippen molar-refractivity contribution in [3.63, 3.8) is 0 Å². The lowest BCUT2D eigenvalue weighted by molar-refractivity contribution is -0.116. The lowest BCUT2D eigenvalue weighted by Gasteiger charge is -2.18. The third-order valence-electron chi connectivity index (χ3n) is 4.27. The van der Waals surface area contributed by atoms with Gasteiger partial charge in [0.15, 0.2) is 0 Å². The second-order valence-electron chi connectivity index (χ2n) is 6.28. The van der Waals surface area contributed by atoms with Crippen LogP contribution in [0.2, 0.25) is 5.02 Å². The highest BCUT2D eigenvalue weighted by Gasteiger charge is 2.23. The van der Waals surface area contributed by atoms with Gasteiger partial charge in [-0.05, 0) is 47.5 Å². The van der Waals surface area contributed by atoms with E-state index in [1.165, 1.54) is 7.05 Å². The molecular weight excluding hydrogens is 384 g/mol. The fourth-order valence-corrected chi connectivity index (χ4v) is 4.05. The van der Waals surface area contributed by atoms with Crippen LogP contribution in [0.1, 0.15) is 5.56 Å². The van der Waals surface area contributed by atoms with Gasteiger partial charge in [0.1, 0.15) is 0 Å². The van der Waals surface area contributed by atoms with E-state index in [-0.39, 0.29) is 11.4 Å². The number of likely N-dealkylation sites (N-methyl/N-ethyl adjacent to an activating group) is 1. The summed E-state index contributed by atoms with van der Waals surface area (Å²) in [4.78, 5) is 12.5. The van der Waals surface area contributed by atoms with Crippen LogP contribution in [0.3, 0.4) is 0 Å². The van der Waals surface area contributed by atoms with E-state index < -0.39 is 15.9 Å². The van der Waals surface area contributed by atoms with E-state index in [1.54, 1.807) is 36.4 Å². The van der Waals surface area contributed by atoms with Crippen LogP contribution in [-0.2, 0) is 14.8 Å². The number of sulfonamides is 1. The number of nitrogens with zero attached hydrogens (tertiary/aromatic N) is 1. The maximum absolute atomic E-state index is 12.8. The third-order valence-corrected chi connectivity index (χ3v) is 6.30. The van der Waals surface area contributed by atoms with Crippen molar-refractivity contribution in [1.82, 2.24) is 4.31 Å². The van der Waals surface area contributed by atoms with E-state index in [0.717, 1.165) is 20.6 Å². The number of amides is 1. The summed E-state index contributed by atoms with van der Waals surface area (Å²) in [6.45, 7) is 1.53. The van der Waals surface area contributed by atoms with Gasteiger partial charge in [-0.3, -0.25) is 4.79 Å². The molecule has 0 atom stereocenters. The standard InChI is InChI=1S/C20H19ClN2O3S/c1-14-7-9-17(21)12-19(14)22-20(24)13-23(2)27(25,26)18-10-8-15-5-3-4-6-16(15)11-18/h3-12H,13H2,1-2H3,(H,22,24). The van der Waals surface area contributed by atoms with Crippen molar-refractivity contribution in [1.29, 1.82) is 0 Å². The minimum Gasteiger partial charge on any atom is -0.325 e. The number of hydrogen-bond donors (Lipinski definition) is 1. The van der Waals surface area contributed by atoms with Crippen molar-refractivity contribution in [3.05, 3.63) is 71.2 Å². The molecule has 27 heavy (non-hydrogen) atoms. The van der Waals surface area contributed by atoms with Crippen LogP contribution in [0.4, 0.5) is 5.69 Å². The number of anilines is 1. The van der Waals surface area contributed by atoms with Gasteiger partial charge in [0.05, 0.1) is 11.4 Å². The monoisotopic (exact) mass is 402 g/mol. The number of halogens is 1. The molecule has 0 saturated heterocycles. The Hall–Kier alpha value is -2.41. The first-order valence-corrected chi connectivity index (χ1v) is 10.1. The maximum Gasteiger partial charge on any atom is 0.243 e. The Morgan fingerprint density at radius 2 is 1.74 bits per heavy atom. The first kappa shape index (κ1) is 19.4. The van der Waals surface area contributed by atoms with Crippen molar-refractivity contribution >= 4 is 44.0 Å². The summed E-state index contributed by atoms with van der Waals surface area (Å²) in [6, 6.07) is 17.6. The molecule has 3 rings (SSSR count). The number of carbonyl (C=O) groups is 1. The molecule has 3 aromatic rings. The van der Waals surface area contributed by atoms with Gasteiger partial charge in [-0.1, -0.05) is 48.0 Å². The van der Waals surface area contributed by atoms with Gasteiger partial charge < -0.3 is 5.32 Å². The average molecular weight is 403 g/mol. The Balaban J connectivity index is 1.78. The highest BCUT2D eigenvalue weighted by molar-refractivity contribution is 7.89. The number of aryl methyl sites for hydroxylation is 1. The van der Waals surface area contributed by atoms with Gasteiger partial charge in [-0.2, -0.15) is 4.31 Å². The summed E-state index contributed by atoms with van der Waals surface area (Å²) in [5.41, 5.74) is 1.40. The van der Waals surface area contributed by atoms with Gasteiger partial charge in [-0.15, -0.1) is 0 Å². The molecule has 3 aromatic carbocycles. The first-order valence-electron chi connectivity index (χ1n) is 8.28. The van der Waals surface area contributed by atoms with Gasteiger partial charge in [0.25, 0.3) is 0 Å². The summed E-state index contributed by atoms with van der Waals surface area (Å²) < 4.78 is 26.7. The van der Waals surface area contributed by atoms with Crippen molar-refractivity contribution in [2.75, 3.05) is 18.9 Å². The molecule has 7 heteroatoms. The molecule has 0 aliphatic rings. The summed E-state index contributed by atoms with van der Waals surface area (Å²) in [5.74, 6) is -0.438. The molecule has 0 aromatic heterocycles. The van der Waals surface area contributed by atoms with E-state index in [1.807, 2.05) is 31.2 Å². The van der Waals surface area contributed by atoms with E-state index >= 15 is 0 Å². The quantitative estimate of drug-likeness (QED) is 0.699. The van der Waals surface area contributed by atoms with Crippen molar-refractivity contribution in [3.8, 4) is 0 Å². The lowest BCUT2D eigenvalue weighted by atomic mass is 10.1. The fraction of sp³-hybridized carbons (Fsp3) is 0.150. The second kappa shape index (κ2) is 7.68. The molecule has 0 heterocycles. The predicted molar refractivity (Wildman–Crippen MR) is 109 cm³/mol. The summed E-state index contributed by atoms with van der Waals surface area (Å²) in [5, 5.41) is 4.98. The van der Waals surface area contributed by atoms with Crippen LogP contribution in [0.15, 0.2) is 65.6 Å². The van der Waals surface area contributed by atoms with E-state index in [0.29, 0.717) is 10.7 Å². The number of rotatable bonds is 5. The van der Waals surface area contributed by atoms with Crippen molar-refractivity contribution in [2.24, 2.45) is 0 Å². The Labute approximate surface area is 163 Å². The normalized spacial score (nSPS) is 11.7. The molecule has 0 radical (unpaired) electrons. The van der Waals surface area contributed by atoms with E-state index in [2.05, 4.69) is 5.32 Å². The van der Waals surface area contributed by atoms with Crippen LogP contribution < -0.4 is 5.32 Å². The number of hydrogen-bond acceptors (Lipinski definition) is 3. The van der Waals surface area contributed by atoms with E-state index in [4.69, 9.17) is 11.6 Å². The molecule has 5 nitrogen and oxygen atoms in total. The molecule has 1 amide bonds. The molecule has 0 aliphatic heterocycles. The number of benzene rings is 3. The van der Waals surface area contributed by atoms with Gasteiger partial charge in [0, 0.05) is 17.8 Å². The molecule has 0 bridgehead atoms. The number of nitrogens with one attached hydrogen (secondary N) is 1. The fourth-order valence-electron chi connectivity index (χ4n) is 2.71. The van der Waals surface area contributed by atoms with Gasteiger partial charge in [0.2, 0.25) is 15.9 Å². The molecule has 0 aliphatic carbocycles. The molecule has 0 unspecified atom stereocenters. The summed E-state index contributed by atoms with van der Waals surface area (Å²) in [7, 11) is -2.41. The topological polar surface area (TPSA) is 66.5 Å². The van der Waals surface area contributed by atoms with E-state index in [9.17, 15) is 13.2 Å². The summed E-state index contributed by atoms with van der Waals surface area (Å²) >= 11 is 5.95. The predicted octanol–water partition coefficient (Wildman–Crippen LogP) is 4.06. The Morgan fingerprint density at radius 1 is 1.04 bits per heavy atom. The molecular formula is C20H19ClN2O3S. The van der Waals surface area contributed by atoms with Crippen LogP contribution in [-0.4, -0.2) is 32.2 Å². The smallest absolute Gasteiger partial charge is 0.243 e. The molecule has 0 fully saturated rings. The zero-order valence-electron chi connectivity index (χ0n) is 14.9. The largest absolute Gasteiger partial charge is 0.325 e. The highest BCUT2D eigenvalue weighted by Crippen LogP contribution is 2.22. The maximum atomic E-state index is 12.8. The Bertz CT molecular complexity index is 1110. The Kier molecular flexibility index (Phi) is 5.51. The van der Waals surface area contributed by atoms with Crippen molar-refractivity contribution in [2.45, 2.75) is 11.8 Å². The Morgan fingerprint density at radius 3 is 2.48 bits per heavy atom. The van der Waals surface area contributed by atoms with Gasteiger partial charge in [-0.25, -0.2) is 8.42 Å². The number of fused-ring (bicyclic) bond motifs is 1. The van der Waals surface area contributed by atoms with Crippen LogP contribution >= 0.6 is 11.6 Å². The lowest BCUT2D eigenvalue weighted by Crippen LogP contribution is -2.35. The molecule has 0 spiro atoms. The zero-order valence-corrected chi connectivity index (χ0v) is 16.5. The zero-order chi connectivity index (χ0) is 19.6. The minimum atomic E-state index is -3.79. The minimum absolute atomic E-state index is 0.149.